The molecule has 0 spiro atoms. The van der Waals surface area contributed by atoms with Crippen molar-refractivity contribution in [2.24, 2.45) is 0 Å². The Bertz CT molecular complexity index is 1140. The van der Waals surface area contributed by atoms with Gasteiger partial charge >= 0.3 is 0 Å². The largest absolute Gasteiger partial charge is 0.467 e. The molecule has 0 atom stereocenters. The fraction of sp³-hybridized carbons (Fsp3) is 0.300. The second-order valence-electron chi connectivity index (χ2n) is 6.39. The van der Waals surface area contributed by atoms with E-state index in [1.165, 1.54) is 6.33 Å². The Morgan fingerprint density at radius 1 is 1.34 bits per heavy atom. The number of H-pyrrole nitrogens is 1. The summed E-state index contributed by atoms with van der Waals surface area (Å²) in [5, 5.41) is 0. The van der Waals surface area contributed by atoms with Crippen LogP contribution in [0.2, 0.25) is 0 Å². The van der Waals surface area contributed by atoms with Gasteiger partial charge in [0.2, 0.25) is 9.84 Å². The van der Waals surface area contributed by atoms with Gasteiger partial charge in [-0.2, -0.15) is 0 Å². The van der Waals surface area contributed by atoms with Crippen molar-refractivity contribution in [3.8, 4) is 0 Å². The third-order valence-corrected chi connectivity index (χ3v) is 6.48. The third-order valence-electron chi connectivity index (χ3n) is 4.54. The average Bonchev–Trinajstić information content (AvgIpc) is 3.33. The number of sulfone groups is 1. The zero-order valence-corrected chi connectivity index (χ0v) is 17.5. The van der Waals surface area contributed by atoms with Crippen molar-refractivity contribution in [3.63, 3.8) is 0 Å². The van der Waals surface area contributed by atoms with Crippen LogP contribution in [0.4, 0.5) is 11.6 Å². The molecule has 9 heteroatoms. The van der Waals surface area contributed by atoms with E-state index in [1.54, 1.807) is 31.4 Å². The van der Waals surface area contributed by atoms with E-state index in [0.29, 0.717) is 24.4 Å². The Morgan fingerprint density at radius 3 is 2.76 bits per heavy atom. The van der Waals surface area contributed by atoms with Crippen LogP contribution in [-0.2, 0) is 16.4 Å². The summed E-state index contributed by atoms with van der Waals surface area (Å²) in [4.78, 5) is 13.7. The maximum absolute atomic E-state index is 13.3. The zero-order chi connectivity index (χ0) is 21.0. The molecule has 0 fully saturated rings. The Kier molecular flexibility index (Phi) is 6.07. The highest BCUT2D eigenvalue weighted by Gasteiger charge is 2.29. The van der Waals surface area contributed by atoms with Gasteiger partial charge in [0.25, 0.3) is 0 Å². The lowest BCUT2D eigenvalue weighted by Crippen LogP contribution is -2.23. The van der Waals surface area contributed by atoms with Crippen molar-refractivity contribution < 1.29 is 12.8 Å². The number of nitrogens with zero attached hydrogens (tertiary/aromatic N) is 3. The van der Waals surface area contributed by atoms with Crippen LogP contribution >= 0.6 is 0 Å². The second kappa shape index (κ2) is 8.52. The van der Waals surface area contributed by atoms with Crippen LogP contribution in [0.3, 0.4) is 0 Å². The van der Waals surface area contributed by atoms with Crippen molar-refractivity contribution in [3.05, 3.63) is 53.6 Å². The molecule has 0 unspecified atom stereocenters. The first-order valence-electron chi connectivity index (χ1n) is 9.41. The molecular weight excluding hydrogens is 390 g/mol. The maximum Gasteiger partial charge on any atom is 0.212 e. The molecule has 0 saturated heterocycles. The number of hydrogen-bond donors (Lipinski definition) is 2. The molecule has 0 aliphatic rings. The van der Waals surface area contributed by atoms with Crippen LogP contribution in [0.5, 0.6) is 0 Å². The van der Waals surface area contributed by atoms with Crippen LogP contribution in [0, 0.1) is 0 Å². The fourth-order valence-corrected chi connectivity index (χ4v) is 4.69. The van der Waals surface area contributed by atoms with Gasteiger partial charge in [-0.3, -0.25) is 0 Å². The molecule has 3 aromatic rings. The molecule has 0 saturated carbocycles. The Morgan fingerprint density at radius 2 is 2.14 bits per heavy atom. The minimum Gasteiger partial charge on any atom is -0.467 e. The van der Waals surface area contributed by atoms with Crippen molar-refractivity contribution in [1.29, 1.82) is 0 Å². The number of aromatic nitrogens is 3. The Hall–Kier alpha value is -3.07. The number of fused-ring (bicyclic) bond motifs is 1. The summed E-state index contributed by atoms with van der Waals surface area (Å²) in [6.45, 7) is 6.71. The highest BCUT2D eigenvalue weighted by atomic mass is 32.2. The van der Waals surface area contributed by atoms with Gasteiger partial charge < -0.3 is 20.0 Å². The first-order chi connectivity index (χ1) is 13.9. The summed E-state index contributed by atoms with van der Waals surface area (Å²) in [7, 11) is -3.85. The Labute approximate surface area is 170 Å². The normalized spacial score (nSPS) is 12.9. The van der Waals surface area contributed by atoms with Crippen LogP contribution < -0.4 is 10.6 Å². The summed E-state index contributed by atoms with van der Waals surface area (Å²) in [5.41, 5.74) is 6.87. The van der Waals surface area contributed by atoms with Gasteiger partial charge in [-0.05, 0) is 38.5 Å². The van der Waals surface area contributed by atoms with E-state index in [9.17, 15) is 8.42 Å². The van der Waals surface area contributed by atoms with Crippen LogP contribution in [0.15, 0.2) is 57.2 Å². The summed E-state index contributed by atoms with van der Waals surface area (Å²) >= 11 is 0. The van der Waals surface area contributed by atoms with Crippen LogP contribution in [-0.4, -0.2) is 29.9 Å². The third kappa shape index (κ3) is 3.91. The molecule has 0 aliphatic heterocycles. The molecule has 3 heterocycles. The number of nitrogens with one attached hydrogen (secondary N) is 1. The number of allylic oxidation sites excluding steroid dienone is 3. The summed E-state index contributed by atoms with van der Waals surface area (Å²) in [6.07, 6.45) is 8.62. The molecule has 0 radical (unpaired) electrons. The number of hydrogen-bond acceptors (Lipinski definition) is 7. The SMILES string of the molecule is C/C=C(\C=C/CC)S(=O)(=O)c1c(N)[nH]c2c(N(CC)Cc3ccco3)ncnc12. The standard InChI is InChI=1S/C20H25N5O3S/c1-4-7-10-15(5-2)29(26,27)18-16-17(24-19(18)21)20(23-13-22-16)25(6-3)12-14-9-8-11-28-14/h5,7-11,13,24H,4,6,12,21H2,1-3H3/b10-7-,15-5+. The van der Waals surface area contributed by atoms with Crippen molar-refractivity contribution >= 4 is 32.5 Å². The summed E-state index contributed by atoms with van der Waals surface area (Å²) in [6, 6.07) is 3.69. The molecule has 0 bridgehead atoms. The molecule has 3 rings (SSSR count). The number of anilines is 2. The number of rotatable bonds is 8. The lowest BCUT2D eigenvalue weighted by atomic mass is 10.3. The monoisotopic (exact) mass is 415 g/mol. The highest BCUT2D eigenvalue weighted by molar-refractivity contribution is 7.95. The van der Waals surface area contributed by atoms with Gasteiger partial charge in [0.15, 0.2) is 5.82 Å². The molecule has 3 N–H and O–H groups in total. The molecule has 0 aliphatic carbocycles. The van der Waals surface area contributed by atoms with E-state index in [2.05, 4.69) is 15.0 Å². The van der Waals surface area contributed by atoms with Crippen LogP contribution in [0.1, 0.15) is 33.0 Å². The van der Waals surface area contributed by atoms with Gasteiger partial charge in [-0.15, -0.1) is 0 Å². The number of nitrogens with two attached hydrogens (primary N) is 1. The average molecular weight is 416 g/mol. The van der Waals surface area contributed by atoms with Gasteiger partial charge in [0, 0.05) is 6.54 Å². The first-order valence-corrected chi connectivity index (χ1v) is 10.9. The molecule has 3 aromatic heterocycles. The number of aromatic amines is 1. The van der Waals surface area contributed by atoms with E-state index < -0.39 is 9.84 Å². The van der Waals surface area contributed by atoms with Gasteiger partial charge in [0.1, 0.15) is 33.8 Å². The van der Waals surface area contributed by atoms with Crippen molar-refractivity contribution in [2.75, 3.05) is 17.2 Å². The lowest BCUT2D eigenvalue weighted by molar-refractivity contribution is 0.503. The quantitative estimate of drug-likeness (QED) is 0.537. The molecule has 154 valence electrons. The lowest BCUT2D eigenvalue weighted by Gasteiger charge is -2.20. The minimum atomic E-state index is -3.85. The van der Waals surface area contributed by atoms with E-state index in [1.807, 2.05) is 30.9 Å². The molecular formula is C20H25N5O3S. The van der Waals surface area contributed by atoms with E-state index in [4.69, 9.17) is 10.2 Å². The summed E-state index contributed by atoms with van der Waals surface area (Å²) in [5.74, 6) is 1.38. The van der Waals surface area contributed by atoms with Gasteiger partial charge in [-0.1, -0.05) is 19.1 Å². The highest BCUT2D eigenvalue weighted by Crippen LogP contribution is 2.35. The maximum atomic E-state index is 13.3. The molecule has 0 amide bonds. The zero-order valence-electron chi connectivity index (χ0n) is 16.7. The number of furan rings is 1. The molecule has 8 nitrogen and oxygen atoms in total. The smallest absolute Gasteiger partial charge is 0.212 e. The van der Waals surface area contributed by atoms with Gasteiger partial charge in [0.05, 0.1) is 17.7 Å². The van der Waals surface area contributed by atoms with E-state index >= 15 is 0 Å². The predicted molar refractivity (Wildman–Crippen MR) is 114 cm³/mol. The first kappa shape index (κ1) is 20.7. The second-order valence-corrected chi connectivity index (χ2v) is 8.27. The topological polar surface area (TPSA) is 118 Å². The van der Waals surface area contributed by atoms with Gasteiger partial charge in [-0.25, -0.2) is 18.4 Å². The fourth-order valence-electron chi connectivity index (χ4n) is 3.11. The van der Waals surface area contributed by atoms with E-state index in [0.717, 1.165) is 12.2 Å². The van der Waals surface area contributed by atoms with Crippen LogP contribution in [0.25, 0.3) is 11.0 Å². The number of nitrogen functional groups attached to an aromatic ring is 1. The summed E-state index contributed by atoms with van der Waals surface area (Å²) < 4.78 is 32.0. The minimum absolute atomic E-state index is 0.0287. The Balaban J connectivity index is 2.14. The molecule has 29 heavy (non-hydrogen) atoms. The van der Waals surface area contributed by atoms with E-state index in [-0.39, 0.29) is 21.1 Å². The van der Waals surface area contributed by atoms with Crippen molar-refractivity contribution in [2.45, 2.75) is 38.6 Å². The molecule has 0 aromatic carbocycles. The predicted octanol–water partition coefficient (Wildman–Crippen LogP) is 3.80. The van der Waals surface area contributed by atoms with Crippen molar-refractivity contribution in [1.82, 2.24) is 15.0 Å².